The van der Waals surface area contributed by atoms with Crippen LogP contribution in [0.25, 0.3) is 0 Å². The van der Waals surface area contributed by atoms with Gasteiger partial charge in [0.05, 0.1) is 12.6 Å². The maximum atomic E-state index is 13.1. The molecule has 2 amide bonds. The van der Waals surface area contributed by atoms with Gasteiger partial charge in [0.15, 0.2) is 0 Å². The third-order valence-electron chi connectivity index (χ3n) is 5.19. The highest BCUT2D eigenvalue weighted by Gasteiger charge is 2.30. The van der Waals surface area contributed by atoms with Crippen LogP contribution < -0.4 is 0 Å². The molecule has 1 aromatic carbocycles. The normalized spacial score (nSPS) is 15.7. The SMILES string of the molecule is C=CCN(Cc1cccs1)C(=O)C(C)N1CCN(C(=O)c2ccc(F)cc2)CC1. The molecule has 154 valence electrons. The Morgan fingerprint density at radius 1 is 1.21 bits per heavy atom. The van der Waals surface area contributed by atoms with Crippen LogP contribution in [0, 0.1) is 5.82 Å². The van der Waals surface area contributed by atoms with Crippen LogP contribution in [0.1, 0.15) is 22.2 Å². The average molecular weight is 416 g/mol. The third-order valence-corrected chi connectivity index (χ3v) is 6.05. The number of thiophene rings is 1. The van der Waals surface area contributed by atoms with Crippen LogP contribution >= 0.6 is 11.3 Å². The van der Waals surface area contributed by atoms with Crippen LogP contribution in [0.5, 0.6) is 0 Å². The Labute approximate surface area is 175 Å². The van der Waals surface area contributed by atoms with Crippen LogP contribution in [0.4, 0.5) is 4.39 Å². The number of benzene rings is 1. The summed E-state index contributed by atoms with van der Waals surface area (Å²) in [6.07, 6.45) is 1.75. The summed E-state index contributed by atoms with van der Waals surface area (Å²) in [6.45, 7) is 9.12. The van der Waals surface area contributed by atoms with Crippen molar-refractivity contribution in [1.82, 2.24) is 14.7 Å². The fraction of sp³-hybridized carbons (Fsp3) is 0.364. The van der Waals surface area contributed by atoms with Gasteiger partial charge in [0.25, 0.3) is 5.91 Å². The first-order valence-electron chi connectivity index (χ1n) is 9.70. The largest absolute Gasteiger partial charge is 0.336 e. The van der Waals surface area contributed by atoms with Gasteiger partial charge in [-0.2, -0.15) is 0 Å². The maximum absolute atomic E-state index is 13.1. The molecule has 7 heteroatoms. The Kier molecular flexibility index (Phi) is 7.17. The number of rotatable bonds is 7. The van der Waals surface area contributed by atoms with Crippen LogP contribution in [0.15, 0.2) is 54.4 Å². The highest BCUT2D eigenvalue weighted by atomic mass is 32.1. The van der Waals surface area contributed by atoms with E-state index in [2.05, 4.69) is 11.5 Å². The van der Waals surface area contributed by atoms with Crippen molar-refractivity contribution in [3.8, 4) is 0 Å². The van der Waals surface area contributed by atoms with Crippen molar-refractivity contribution >= 4 is 23.2 Å². The zero-order chi connectivity index (χ0) is 20.8. The smallest absolute Gasteiger partial charge is 0.253 e. The Bertz CT molecular complexity index is 830. The monoisotopic (exact) mass is 415 g/mol. The van der Waals surface area contributed by atoms with Crippen LogP contribution in [-0.4, -0.2) is 65.3 Å². The zero-order valence-electron chi connectivity index (χ0n) is 16.6. The predicted molar refractivity (Wildman–Crippen MR) is 113 cm³/mol. The van der Waals surface area contributed by atoms with Gasteiger partial charge in [-0.25, -0.2) is 4.39 Å². The number of amides is 2. The summed E-state index contributed by atoms with van der Waals surface area (Å²) in [6, 6.07) is 9.36. The summed E-state index contributed by atoms with van der Waals surface area (Å²) in [5, 5.41) is 2.01. The lowest BCUT2D eigenvalue weighted by atomic mass is 10.1. The minimum atomic E-state index is -0.356. The molecule has 0 saturated carbocycles. The fourth-order valence-electron chi connectivity index (χ4n) is 3.49. The highest BCUT2D eigenvalue weighted by molar-refractivity contribution is 7.09. The first-order chi connectivity index (χ1) is 14.0. The average Bonchev–Trinajstić information content (AvgIpc) is 3.26. The van der Waals surface area contributed by atoms with E-state index < -0.39 is 0 Å². The quantitative estimate of drug-likeness (QED) is 0.652. The Balaban J connectivity index is 1.57. The molecular weight excluding hydrogens is 389 g/mol. The van der Waals surface area contributed by atoms with Crippen LogP contribution in [0.2, 0.25) is 0 Å². The molecule has 1 fully saturated rings. The van der Waals surface area contributed by atoms with E-state index in [1.54, 1.807) is 22.3 Å². The first-order valence-corrected chi connectivity index (χ1v) is 10.6. The fourth-order valence-corrected chi connectivity index (χ4v) is 4.21. The number of nitrogens with zero attached hydrogens (tertiary/aromatic N) is 3. The number of hydrogen-bond acceptors (Lipinski definition) is 4. The van der Waals surface area contributed by atoms with E-state index in [9.17, 15) is 14.0 Å². The zero-order valence-corrected chi connectivity index (χ0v) is 17.4. The lowest BCUT2D eigenvalue weighted by Gasteiger charge is -2.39. The van der Waals surface area contributed by atoms with Gasteiger partial charge in [-0.05, 0) is 42.6 Å². The molecule has 0 spiro atoms. The molecule has 0 N–H and O–H groups in total. The second-order valence-electron chi connectivity index (χ2n) is 7.10. The van der Waals surface area contributed by atoms with Gasteiger partial charge in [-0.1, -0.05) is 12.1 Å². The van der Waals surface area contributed by atoms with Gasteiger partial charge in [0, 0.05) is 43.2 Å². The van der Waals surface area contributed by atoms with Gasteiger partial charge < -0.3 is 9.80 Å². The Hall–Kier alpha value is -2.51. The molecule has 1 atom stereocenters. The van der Waals surface area contributed by atoms with E-state index in [1.165, 1.54) is 24.3 Å². The van der Waals surface area contributed by atoms with Crippen molar-refractivity contribution < 1.29 is 14.0 Å². The Morgan fingerprint density at radius 2 is 1.90 bits per heavy atom. The van der Waals surface area contributed by atoms with E-state index >= 15 is 0 Å². The van der Waals surface area contributed by atoms with E-state index in [-0.39, 0.29) is 23.7 Å². The van der Waals surface area contributed by atoms with E-state index in [0.29, 0.717) is 44.8 Å². The number of carbonyl (C=O) groups is 2. The van der Waals surface area contributed by atoms with E-state index in [1.807, 2.05) is 29.3 Å². The van der Waals surface area contributed by atoms with Gasteiger partial charge in [0.1, 0.15) is 5.82 Å². The van der Waals surface area contributed by atoms with Crippen molar-refractivity contribution in [1.29, 1.82) is 0 Å². The molecule has 1 aliphatic rings. The minimum absolute atomic E-state index is 0.0663. The molecule has 0 radical (unpaired) electrons. The molecule has 2 heterocycles. The molecular formula is C22H26FN3O2S. The molecule has 1 saturated heterocycles. The Morgan fingerprint density at radius 3 is 2.48 bits per heavy atom. The summed E-state index contributed by atoms with van der Waals surface area (Å²) in [4.78, 5) is 32.5. The summed E-state index contributed by atoms with van der Waals surface area (Å²) in [5.74, 6) is -0.392. The van der Waals surface area contributed by atoms with Crippen molar-refractivity contribution in [3.63, 3.8) is 0 Å². The number of piperazine rings is 1. The molecule has 0 aliphatic carbocycles. The molecule has 1 unspecified atom stereocenters. The molecule has 1 aliphatic heterocycles. The van der Waals surface area contributed by atoms with Gasteiger partial charge in [-0.15, -0.1) is 17.9 Å². The van der Waals surface area contributed by atoms with Crippen molar-refractivity contribution in [2.45, 2.75) is 19.5 Å². The second kappa shape index (κ2) is 9.80. The molecule has 3 rings (SSSR count). The van der Waals surface area contributed by atoms with E-state index in [4.69, 9.17) is 0 Å². The van der Waals surface area contributed by atoms with Gasteiger partial charge in [-0.3, -0.25) is 14.5 Å². The third kappa shape index (κ3) is 5.31. The van der Waals surface area contributed by atoms with Crippen LogP contribution in [-0.2, 0) is 11.3 Å². The minimum Gasteiger partial charge on any atom is -0.336 e. The van der Waals surface area contributed by atoms with Gasteiger partial charge in [0.2, 0.25) is 5.91 Å². The summed E-state index contributed by atoms with van der Waals surface area (Å²) in [5.41, 5.74) is 0.483. The number of halogens is 1. The molecule has 1 aromatic heterocycles. The topological polar surface area (TPSA) is 43.9 Å². The standard InChI is InChI=1S/C22H26FN3O2S/c1-3-10-26(16-20-5-4-15-29-20)21(27)17(2)24-11-13-25(14-12-24)22(28)18-6-8-19(23)9-7-18/h3-9,15,17H,1,10-14,16H2,2H3. The van der Waals surface area contributed by atoms with E-state index in [0.717, 1.165) is 4.88 Å². The summed E-state index contributed by atoms with van der Waals surface area (Å²) < 4.78 is 13.1. The second-order valence-corrected chi connectivity index (χ2v) is 8.13. The summed E-state index contributed by atoms with van der Waals surface area (Å²) >= 11 is 1.63. The summed E-state index contributed by atoms with van der Waals surface area (Å²) in [7, 11) is 0. The lowest BCUT2D eigenvalue weighted by molar-refractivity contribution is -0.137. The maximum Gasteiger partial charge on any atom is 0.253 e. The lowest BCUT2D eigenvalue weighted by Crippen LogP contribution is -2.55. The molecule has 29 heavy (non-hydrogen) atoms. The van der Waals surface area contributed by atoms with Crippen molar-refractivity contribution in [3.05, 3.63) is 70.7 Å². The first kappa shape index (κ1) is 21.2. The highest BCUT2D eigenvalue weighted by Crippen LogP contribution is 2.16. The van der Waals surface area contributed by atoms with Crippen molar-refractivity contribution in [2.75, 3.05) is 32.7 Å². The van der Waals surface area contributed by atoms with Crippen molar-refractivity contribution in [2.24, 2.45) is 0 Å². The van der Waals surface area contributed by atoms with Crippen LogP contribution in [0.3, 0.4) is 0 Å². The number of carbonyl (C=O) groups excluding carboxylic acids is 2. The predicted octanol–water partition coefficient (Wildman–Crippen LogP) is 3.25. The number of hydrogen-bond donors (Lipinski definition) is 0. The molecule has 5 nitrogen and oxygen atoms in total. The van der Waals surface area contributed by atoms with Gasteiger partial charge >= 0.3 is 0 Å². The molecule has 0 bridgehead atoms. The molecule has 2 aromatic rings.